The van der Waals surface area contributed by atoms with Crippen molar-refractivity contribution in [2.45, 2.75) is 64.2 Å². The molecule has 0 spiro atoms. The summed E-state index contributed by atoms with van der Waals surface area (Å²) in [5, 5.41) is 0. The minimum Gasteiger partial charge on any atom is -0.456 e. The van der Waals surface area contributed by atoms with Crippen molar-refractivity contribution in [1.29, 1.82) is 0 Å². The molecule has 0 amide bonds. The molecule has 1 fully saturated rings. The topological polar surface area (TPSA) is 53.3 Å². The van der Waals surface area contributed by atoms with E-state index in [0.717, 1.165) is 36.3 Å². The lowest BCUT2D eigenvalue weighted by Gasteiger charge is -2.24. The highest BCUT2D eigenvalue weighted by molar-refractivity contribution is 6.16. The van der Waals surface area contributed by atoms with E-state index in [2.05, 4.69) is 9.55 Å². The van der Waals surface area contributed by atoms with E-state index < -0.39 is 5.60 Å². The van der Waals surface area contributed by atoms with E-state index in [1.807, 2.05) is 32.9 Å². The van der Waals surface area contributed by atoms with Crippen LogP contribution in [0.5, 0.6) is 0 Å². The molecule has 25 heavy (non-hydrogen) atoms. The highest BCUT2D eigenvalue weighted by Crippen LogP contribution is 2.24. The molecule has 2 aromatic rings. The van der Waals surface area contributed by atoms with Crippen LogP contribution in [-0.4, -0.2) is 33.8 Å². The second-order valence-corrected chi connectivity index (χ2v) is 7.73. The van der Waals surface area contributed by atoms with Crippen LogP contribution >= 0.6 is 11.6 Å². The lowest BCUT2D eigenvalue weighted by atomic mass is 10.1. The Bertz CT molecular complexity index is 758. The van der Waals surface area contributed by atoms with Gasteiger partial charge in [-0.1, -0.05) is 0 Å². The molecule has 1 aliphatic rings. The summed E-state index contributed by atoms with van der Waals surface area (Å²) < 4.78 is 13.4. The third-order valence-corrected chi connectivity index (χ3v) is 4.48. The molecule has 0 bridgehead atoms. The first kappa shape index (κ1) is 18.2. The Morgan fingerprint density at radius 3 is 2.84 bits per heavy atom. The van der Waals surface area contributed by atoms with Gasteiger partial charge in [0.1, 0.15) is 11.4 Å². The summed E-state index contributed by atoms with van der Waals surface area (Å²) in [7, 11) is 0. The second kappa shape index (κ2) is 7.34. The maximum Gasteiger partial charge on any atom is 0.338 e. The highest BCUT2D eigenvalue weighted by atomic mass is 35.5. The average molecular weight is 365 g/mol. The van der Waals surface area contributed by atoms with Crippen molar-refractivity contribution in [3.8, 4) is 0 Å². The zero-order valence-electron chi connectivity index (χ0n) is 15.0. The van der Waals surface area contributed by atoms with Gasteiger partial charge in [-0.2, -0.15) is 0 Å². The summed E-state index contributed by atoms with van der Waals surface area (Å²) in [6.45, 7) is 7.09. The van der Waals surface area contributed by atoms with Crippen LogP contribution in [0.2, 0.25) is 0 Å². The lowest BCUT2D eigenvalue weighted by Crippen LogP contribution is -2.25. The maximum atomic E-state index is 12.4. The van der Waals surface area contributed by atoms with Gasteiger partial charge in [0.25, 0.3) is 0 Å². The summed E-state index contributed by atoms with van der Waals surface area (Å²) in [5.74, 6) is 0.791. The Morgan fingerprint density at radius 1 is 1.40 bits per heavy atom. The van der Waals surface area contributed by atoms with Gasteiger partial charge in [0, 0.05) is 6.61 Å². The molecule has 0 saturated carbocycles. The van der Waals surface area contributed by atoms with Gasteiger partial charge in [-0.15, -0.1) is 11.6 Å². The monoisotopic (exact) mass is 364 g/mol. The van der Waals surface area contributed by atoms with Gasteiger partial charge in [-0.25, -0.2) is 9.78 Å². The van der Waals surface area contributed by atoms with Gasteiger partial charge >= 0.3 is 5.97 Å². The number of halogens is 1. The summed E-state index contributed by atoms with van der Waals surface area (Å²) >= 11 is 6.09. The minimum atomic E-state index is -0.524. The van der Waals surface area contributed by atoms with Gasteiger partial charge in [0.15, 0.2) is 0 Å². The number of alkyl halides is 1. The number of esters is 1. The van der Waals surface area contributed by atoms with E-state index in [0.29, 0.717) is 18.0 Å². The molecular weight excluding hydrogens is 340 g/mol. The van der Waals surface area contributed by atoms with Gasteiger partial charge in [-0.05, 0) is 58.2 Å². The van der Waals surface area contributed by atoms with Crippen molar-refractivity contribution in [3.63, 3.8) is 0 Å². The number of aromatic nitrogens is 2. The SMILES string of the molecule is CC(C)(C)OC(=O)c1ccc2nc(CCl)n(C[C@@H]3CCCCO3)c2c1. The number of carbonyl (C=O) groups excluding carboxylic acids is 1. The third kappa shape index (κ3) is 4.33. The van der Waals surface area contributed by atoms with Crippen LogP contribution < -0.4 is 0 Å². The molecule has 1 aromatic carbocycles. The van der Waals surface area contributed by atoms with Gasteiger partial charge in [0.05, 0.1) is 35.1 Å². The first-order valence-corrected chi connectivity index (χ1v) is 9.31. The molecule has 5 nitrogen and oxygen atoms in total. The fraction of sp³-hybridized carbons (Fsp3) is 0.579. The minimum absolute atomic E-state index is 0.165. The van der Waals surface area contributed by atoms with E-state index in [-0.39, 0.29) is 12.1 Å². The molecule has 0 N–H and O–H groups in total. The number of hydrogen-bond donors (Lipinski definition) is 0. The summed E-state index contributed by atoms with van der Waals surface area (Å²) in [4.78, 5) is 17.0. The molecule has 0 aliphatic carbocycles. The van der Waals surface area contributed by atoms with Crippen molar-refractivity contribution in [1.82, 2.24) is 9.55 Å². The first-order chi connectivity index (χ1) is 11.9. The molecule has 6 heteroatoms. The maximum absolute atomic E-state index is 12.4. The number of carbonyl (C=O) groups is 1. The van der Waals surface area contributed by atoms with Crippen LogP contribution in [0.4, 0.5) is 0 Å². The number of nitrogens with zero attached hydrogens (tertiary/aromatic N) is 2. The number of hydrogen-bond acceptors (Lipinski definition) is 4. The Kier molecular flexibility index (Phi) is 5.35. The Morgan fingerprint density at radius 2 is 2.20 bits per heavy atom. The van der Waals surface area contributed by atoms with Crippen LogP contribution in [0, 0.1) is 0 Å². The Labute approximate surface area is 153 Å². The predicted octanol–water partition coefficient (Wildman–Crippen LogP) is 4.30. The molecule has 1 aliphatic heterocycles. The molecule has 136 valence electrons. The van der Waals surface area contributed by atoms with Crippen LogP contribution in [0.25, 0.3) is 11.0 Å². The van der Waals surface area contributed by atoms with Crippen molar-refractivity contribution in [2.75, 3.05) is 6.61 Å². The summed E-state index contributed by atoms with van der Waals surface area (Å²) in [6.07, 6.45) is 3.49. The second-order valence-electron chi connectivity index (χ2n) is 7.47. The largest absolute Gasteiger partial charge is 0.456 e. The molecule has 0 unspecified atom stereocenters. The van der Waals surface area contributed by atoms with Crippen LogP contribution in [0.3, 0.4) is 0 Å². The molecule has 0 radical (unpaired) electrons. The number of imidazole rings is 1. The number of ether oxygens (including phenoxy) is 2. The molecule has 2 heterocycles. The van der Waals surface area contributed by atoms with E-state index in [1.165, 1.54) is 6.42 Å². The standard InChI is InChI=1S/C19H25ClN2O3/c1-19(2,3)25-18(23)13-7-8-15-16(10-13)22(17(11-20)21-15)12-14-6-4-5-9-24-14/h7-8,10,14H,4-6,9,11-12H2,1-3H3/t14-/m0/s1. The van der Waals surface area contributed by atoms with E-state index in [9.17, 15) is 4.79 Å². The summed E-state index contributed by atoms with van der Waals surface area (Å²) in [5.41, 5.74) is 1.73. The average Bonchev–Trinajstić information content (AvgIpc) is 2.91. The van der Waals surface area contributed by atoms with Gasteiger partial charge in [0.2, 0.25) is 0 Å². The molecule has 3 rings (SSSR count). The summed E-state index contributed by atoms with van der Waals surface area (Å²) in [6, 6.07) is 5.45. The number of benzene rings is 1. The van der Waals surface area contributed by atoms with Crippen LogP contribution in [0.1, 0.15) is 56.2 Å². The molecular formula is C19H25ClN2O3. The van der Waals surface area contributed by atoms with Gasteiger partial charge in [-0.3, -0.25) is 0 Å². The number of rotatable bonds is 4. The van der Waals surface area contributed by atoms with Crippen molar-refractivity contribution >= 4 is 28.6 Å². The highest BCUT2D eigenvalue weighted by Gasteiger charge is 2.21. The Balaban J connectivity index is 1.93. The quantitative estimate of drug-likeness (QED) is 0.599. The zero-order chi connectivity index (χ0) is 18.0. The normalized spacial score (nSPS) is 18.5. The first-order valence-electron chi connectivity index (χ1n) is 8.77. The van der Waals surface area contributed by atoms with Crippen LogP contribution in [-0.2, 0) is 21.9 Å². The van der Waals surface area contributed by atoms with Gasteiger partial charge < -0.3 is 14.0 Å². The van der Waals surface area contributed by atoms with Crippen molar-refractivity contribution < 1.29 is 14.3 Å². The van der Waals surface area contributed by atoms with E-state index in [4.69, 9.17) is 21.1 Å². The number of fused-ring (bicyclic) bond motifs is 1. The molecule has 1 aromatic heterocycles. The van der Waals surface area contributed by atoms with Crippen molar-refractivity contribution in [2.24, 2.45) is 0 Å². The van der Waals surface area contributed by atoms with E-state index >= 15 is 0 Å². The predicted molar refractivity (Wildman–Crippen MR) is 98.0 cm³/mol. The molecule has 1 saturated heterocycles. The zero-order valence-corrected chi connectivity index (χ0v) is 15.8. The van der Waals surface area contributed by atoms with Crippen molar-refractivity contribution in [3.05, 3.63) is 29.6 Å². The Hall–Kier alpha value is -1.59. The smallest absolute Gasteiger partial charge is 0.338 e. The lowest BCUT2D eigenvalue weighted by molar-refractivity contribution is 0.00627. The fourth-order valence-corrected chi connectivity index (χ4v) is 3.30. The fourth-order valence-electron chi connectivity index (χ4n) is 3.10. The van der Waals surface area contributed by atoms with E-state index in [1.54, 1.807) is 6.07 Å². The van der Waals surface area contributed by atoms with Crippen LogP contribution in [0.15, 0.2) is 18.2 Å². The molecule has 1 atom stereocenters. The third-order valence-electron chi connectivity index (χ3n) is 4.24.